The van der Waals surface area contributed by atoms with Gasteiger partial charge in [0.2, 0.25) is 11.8 Å². The van der Waals surface area contributed by atoms with E-state index in [4.69, 9.17) is 30.9 Å². The molecule has 0 unspecified atom stereocenters. The van der Waals surface area contributed by atoms with Crippen molar-refractivity contribution in [2.24, 2.45) is 5.41 Å². The number of halogens is 2. The van der Waals surface area contributed by atoms with Gasteiger partial charge in [0.05, 0.1) is 18.7 Å². The van der Waals surface area contributed by atoms with Crippen LogP contribution in [0.15, 0.2) is 66.9 Å². The molecule has 2 amide bonds. The number of carboxylic acids is 1. The van der Waals surface area contributed by atoms with Crippen molar-refractivity contribution in [3.05, 3.63) is 77.7 Å². The number of nitrogens with one attached hydrogen (secondary N) is 2. The molecular formula is C34H33ClFN3O7. The highest BCUT2D eigenvalue weighted by molar-refractivity contribution is 6.30. The molecule has 0 atom stereocenters. The number of hydrogen-bond acceptors (Lipinski definition) is 7. The molecule has 0 radical (unpaired) electrons. The van der Waals surface area contributed by atoms with Crippen molar-refractivity contribution in [1.29, 1.82) is 0 Å². The van der Waals surface area contributed by atoms with Gasteiger partial charge in [0.25, 0.3) is 0 Å². The maximum Gasteiger partial charge on any atom is 0.303 e. The minimum atomic E-state index is -1.23. The Morgan fingerprint density at radius 1 is 0.870 bits per heavy atom. The SMILES string of the molecule is CCOc1cc2c(Oc3ccc(NC(=O)C4(C(=O)Nc5ccc(Cl)cc5)CC4)cc3F)ccnc2cc1OCCCCCC(=O)O. The third-order valence-corrected chi connectivity index (χ3v) is 7.74. The van der Waals surface area contributed by atoms with Gasteiger partial charge in [-0.05, 0) is 87.6 Å². The Hall–Kier alpha value is -4.90. The standard InChI is InChI=1S/C34H33ClFN3O7/c1-2-44-29-19-24-26(20-30(29)45-17-5-3-4-6-31(40)41)37-16-13-27(24)46-28-12-11-23(18-25(28)36)39-33(43)34(14-15-34)32(42)38-22-9-7-21(35)8-10-22/h7-13,16,18-20H,2-6,14-15,17H2,1H3,(H,38,42)(H,39,43)(H,40,41). The topological polar surface area (TPSA) is 136 Å². The monoisotopic (exact) mass is 649 g/mol. The lowest BCUT2D eigenvalue weighted by Gasteiger charge is -2.16. The van der Waals surface area contributed by atoms with Crippen LogP contribution in [0.2, 0.25) is 5.02 Å². The second-order valence-corrected chi connectivity index (χ2v) is 11.3. The molecule has 4 aromatic rings. The maximum atomic E-state index is 15.3. The number of carbonyl (C=O) groups excluding carboxylic acids is 2. The number of benzene rings is 3. The summed E-state index contributed by atoms with van der Waals surface area (Å²) in [5, 5.41) is 15.3. The zero-order valence-corrected chi connectivity index (χ0v) is 25.9. The second kappa shape index (κ2) is 14.5. The fourth-order valence-electron chi connectivity index (χ4n) is 4.83. The third-order valence-electron chi connectivity index (χ3n) is 7.49. The van der Waals surface area contributed by atoms with Crippen LogP contribution in [0.5, 0.6) is 23.0 Å². The van der Waals surface area contributed by atoms with Crippen molar-refractivity contribution >= 4 is 51.7 Å². The van der Waals surface area contributed by atoms with E-state index in [1.54, 1.807) is 42.5 Å². The lowest BCUT2D eigenvalue weighted by atomic mass is 10.0. The Bertz CT molecular complexity index is 1750. The largest absolute Gasteiger partial charge is 0.490 e. The average molecular weight is 650 g/mol. The van der Waals surface area contributed by atoms with Crippen molar-refractivity contribution in [2.75, 3.05) is 23.8 Å². The van der Waals surface area contributed by atoms with Gasteiger partial charge in [0, 0.05) is 46.5 Å². The van der Waals surface area contributed by atoms with Crippen LogP contribution in [0.4, 0.5) is 15.8 Å². The number of carboxylic acid groups (broad SMARTS) is 1. The van der Waals surface area contributed by atoms with E-state index in [9.17, 15) is 14.4 Å². The molecule has 0 saturated heterocycles. The summed E-state index contributed by atoms with van der Waals surface area (Å²) in [6, 6.07) is 15.6. The van der Waals surface area contributed by atoms with Crippen LogP contribution < -0.4 is 24.8 Å². The summed E-state index contributed by atoms with van der Waals surface area (Å²) in [6.07, 6.45) is 4.38. The Balaban J connectivity index is 1.25. The van der Waals surface area contributed by atoms with Crippen LogP contribution in [0.25, 0.3) is 10.9 Å². The summed E-state index contributed by atoms with van der Waals surface area (Å²) < 4.78 is 32.9. The molecular weight excluding hydrogens is 617 g/mol. The van der Waals surface area contributed by atoms with Crippen molar-refractivity contribution < 1.29 is 38.1 Å². The number of anilines is 2. The minimum absolute atomic E-state index is 0.0771. The van der Waals surface area contributed by atoms with E-state index in [2.05, 4.69) is 15.6 Å². The van der Waals surface area contributed by atoms with E-state index in [0.717, 1.165) is 6.07 Å². The van der Waals surface area contributed by atoms with Crippen LogP contribution in [-0.4, -0.2) is 41.1 Å². The molecule has 5 rings (SSSR count). The molecule has 1 heterocycles. The first-order chi connectivity index (χ1) is 22.2. The predicted octanol–water partition coefficient (Wildman–Crippen LogP) is 7.60. The van der Waals surface area contributed by atoms with Crippen LogP contribution in [-0.2, 0) is 14.4 Å². The normalized spacial score (nSPS) is 13.1. The van der Waals surface area contributed by atoms with E-state index in [-0.39, 0.29) is 17.9 Å². The Labute approximate surface area is 269 Å². The first-order valence-electron chi connectivity index (χ1n) is 14.9. The van der Waals surface area contributed by atoms with Gasteiger partial charge in [-0.15, -0.1) is 0 Å². The van der Waals surface area contributed by atoms with Crippen LogP contribution >= 0.6 is 11.6 Å². The Morgan fingerprint density at radius 2 is 1.57 bits per heavy atom. The third kappa shape index (κ3) is 7.84. The summed E-state index contributed by atoms with van der Waals surface area (Å²) >= 11 is 5.90. The van der Waals surface area contributed by atoms with Gasteiger partial charge in [0.1, 0.15) is 11.2 Å². The van der Waals surface area contributed by atoms with Gasteiger partial charge < -0.3 is 30.0 Å². The van der Waals surface area contributed by atoms with Crippen LogP contribution in [0.1, 0.15) is 45.4 Å². The average Bonchev–Trinajstić information content (AvgIpc) is 3.84. The summed E-state index contributed by atoms with van der Waals surface area (Å²) in [4.78, 5) is 41.1. The number of rotatable bonds is 15. The van der Waals surface area contributed by atoms with Gasteiger partial charge in [-0.3, -0.25) is 19.4 Å². The Morgan fingerprint density at radius 3 is 2.24 bits per heavy atom. The van der Waals surface area contributed by atoms with E-state index in [1.807, 2.05) is 6.92 Å². The van der Waals surface area contributed by atoms with E-state index >= 15 is 4.39 Å². The molecule has 12 heteroatoms. The highest BCUT2D eigenvalue weighted by atomic mass is 35.5. The van der Waals surface area contributed by atoms with Gasteiger partial charge >= 0.3 is 5.97 Å². The first kappa shape index (κ1) is 32.5. The van der Waals surface area contributed by atoms with Crippen molar-refractivity contribution in [1.82, 2.24) is 4.98 Å². The molecule has 10 nitrogen and oxygen atoms in total. The zero-order valence-electron chi connectivity index (χ0n) is 25.1. The van der Waals surface area contributed by atoms with Crippen LogP contribution in [0.3, 0.4) is 0 Å². The molecule has 0 spiro atoms. The van der Waals surface area contributed by atoms with Gasteiger partial charge in [-0.2, -0.15) is 0 Å². The number of aliphatic carboxylic acids is 1. The molecule has 1 aliphatic carbocycles. The smallest absolute Gasteiger partial charge is 0.303 e. The number of carbonyl (C=O) groups is 3. The molecule has 3 N–H and O–H groups in total. The lowest BCUT2D eigenvalue weighted by Crippen LogP contribution is -2.35. The minimum Gasteiger partial charge on any atom is -0.490 e. The fraction of sp³-hybridized carbons (Fsp3) is 0.294. The molecule has 0 aliphatic heterocycles. The molecule has 1 saturated carbocycles. The number of amides is 2. The Kier molecular flexibility index (Phi) is 10.2. The summed E-state index contributed by atoms with van der Waals surface area (Å²) in [7, 11) is 0. The van der Waals surface area contributed by atoms with Gasteiger partial charge in [-0.1, -0.05) is 11.6 Å². The number of aromatic nitrogens is 1. The summed E-state index contributed by atoms with van der Waals surface area (Å²) in [5.74, 6) is -1.29. The molecule has 1 fully saturated rings. The summed E-state index contributed by atoms with van der Waals surface area (Å²) in [5.41, 5.74) is 0.00968. The molecule has 3 aromatic carbocycles. The highest BCUT2D eigenvalue weighted by Crippen LogP contribution is 2.48. The molecule has 0 bridgehead atoms. The summed E-state index contributed by atoms with van der Waals surface area (Å²) in [6.45, 7) is 2.60. The van der Waals surface area contributed by atoms with Gasteiger partial charge in [0.15, 0.2) is 23.1 Å². The van der Waals surface area contributed by atoms with E-state index in [0.29, 0.717) is 84.2 Å². The lowest BCUT2D eigenvalue weighted by molar-refractivity contribution is -0.137. The number of fused-ring (bicyclic) bond motifs is 1. The molecule has 1 aromatic heterocycles. The number of pyridine rings is 1. The second-order valence-electron chi connectivity index (χ2n) is 10.9. The van der Waals surface area contributed by atoms with E-state index < -0.39 is 29.0 Å². The number of ether oxygens (including phenoxy) is 3. The molecule has 240 valence electrons. The van der Waals surface area contributed by atoms with Crippen LogP contribution in [0, 0.1) is 11.2 Å². The predicted molar refractivity (Wildman–Crippen MR) is 171 cm³/mol. The van der Waals surface area contributed by atoms with Crippen molar-refractivity contribution in [3.8, 4) is 23.0 Å². The first-order valence-corrected chi connectivity index (χ1v) is 15.3. The van der Waals surface area contributed by atoms with E-state index in [1.165, 1.54) is 18.3 Å². The number of unbranched alkanes of at least 4 members (excludes halogenated alkanes) is 2. The molecule has 1 aliphatic rings. The maximum absolute atomic E-state index is 15.3. The van der Waals surface area contributed by atoms with Crippen molar-refractivity contribution in [2.45, 2.75) is 45.4 Å². The zero-order chi connectivity index (χ0) is 32.7. The highest BCUT2D eigenvalue weighted by Gasteiger charge is 2.56. The quantitative estimate of drug-likeness (QED) is 0.0885. The molecule has 46 heavy (non-hydrogen) atoms. The van der Waals surface area contributed by atoms with Gasteiger partial charge in [-0.25, -0.2) is 4.39 Å². The number of nitrogens with zero attached hydrogens (tertiary/aromatic N) is 1. The number of hydrogen-bond donors (Lipinski definition) is 3. The fourth-order valence-corrected chi connectivity index (χ4v) is 4.96. The van der Waals surface area contributed by atoms with Crippen molar-refractivity contribution in [3.63, 3.8) is 0 Å².